The number of halogens is 1. The number of aryl methyl sites for hydroxylation is 1. The quantitative estimate of drug-likeness (QED) is 0.547. The lowest BCUT2D eigenvalue weighted by Crippen LogP contribution is -2.52. The molecule has 0 spiro atoms. The van der Waals surface area contributed by atoms with Crippen molar-refractivity contribution in [1.82, 2.24) is 10.2 Å². The van der Waals surface area contributed by atoms with Gasteiger partial charge in [-0.3, -0.25) is 13.9 Å². The predicted molar refractivity (Wildman–Crippen MR) is 133 cm³/mol. The second-order valence-corrected chi connectivity index (χ2v) is 10.6. The van der Waals surface area contributed by atoms with Crippen LogP contribution in [0.15, 0.2) is 48.5 Å². The third-order valence-electron chi connectivity index (χ3n) is 5.16. The number of nitrogens with zero attached hydrogens (tertiary/aromatic N) is 2. The average Bonchev–Trinajstić information content (AvgIpc) is 2.74. The van der Waals surface area contributed by atoms with Crippen molar-refractivity contribution in [2.75, 3.05) is 17.1 Å². The van der Waals surface area contributed by atoms with E-state index < -0.39 is 28.5 Å². The summed E-state index contributed by atoms with van der Waals surface area (Å²) in [5.41, 5.74) is 2.00. The SMILES string of the molecule is CCc1ccccc1N(CC(=O)N(Cc1cccc(Cl)c1)C(C)C(=O)NC(C)C)S(C)(=O)=O. The Morgan fingerprint density at radius 1 is 1.06 bits per heavy atom. The first-order valence-corrected chi connectivity index (χ1v) is 13.1. The Morgan fingerprint density at radius 3 is 2.30 bits per heavy atom. The molecule has 2 aromatic rings. The zero-order chi connectivity index (χ0) is 24.8. The molecule has 0 aliphatic carbocycles. The van der Waals surface area contributed by atoms with Crippen molar-refractivity contribution in [3.8, 4) is 0 Å². The third kappa shape index (κ3) is 7.47. The number of para-hydroxylation sites is 1. The van der Waals surface area contributed by atoms with Crippen LogP contribution in [-0.4, -0.2) is 50.0 Å². The van der Waals surface area contributed by atoms with Gasteiger partial charge in [-0.1, -0.05) is 48.9 Å². The molecule has 0 radical (unpaired) electrons. The maximum Gasteiger partial charge on any atom is 0.244 e. The molecule has 0 bridgehead atoms. The van der Waals surface area contributed by atoms with Crippen molar-refractivity contribution in [3.05, 3.63) is 64.7 Å². The molecule has 180 valence electrons. The Labute approximate surface area is 201 Å². The fourth-order valence-electron chi connectivity index (χ4n) is 3.47. The number of carbonyl (C=O) groups is 2. The molecule has 0 aliphatic heterocycles. The monoisotopic (exact) mass is 493 g/mol. The summed E-state index contributed by atoms with van der Waals surface area (Å²) >= 11 is 6.11. The van der Waals surface area contributed by atoms with Crippen LogP contribution < -0.4 is 9.62 Å². The maximum absolute atomic E-state index is 13.5. The van der Waals surface area contributed by atoms with E-state index in [-0.39, 0.29) is 18.5 Å². The lowest BCUT2D eigenvalue weighted by atomic mass is 10.1. The maximum atomic E-state index is 13.5. The largest absolute Gasteiger partial charge is 0.352 e. The number of nitrogens with one attached hydrogen (secondary N) is 1. The molecule has 1 atom stereocenters. The summed E-state index contributed by atoms with van der Waals surface area (Å²) in [6, 6.07) is 13.2. The van der Waals surface area contributed by atoms with Gasteiger partial charge in [0.05, 0.1) is 11.9 Å². The summed E-state index contributed by atoms with van der Waals surface area (Å²) in [6.07, 6.45) is 1.68. The van der Waals surface area contributed by atoms with Crippen LogP contribution in [0.4, 0.5) is 5.69 Å². The number of benzene rings is 2. The molecule has 0 saturated heterocycles. The van der Waals surface area contributed by atoms with Crippen molar-refractivity contribution in [2.24, 2.45) is 0 Å². The Balaban J connectivity index is 2.43. The van der Waals surface area contributed by atoms with Gasteiger partial charge in [-0.15, -0.1) is 0 Å². The first-order chi connectivity index (χ1) is 15.4. The molecular formula is C24H32ClN3O4S. The number of sulfonamides is 1. The minimum absolute atomic E-state index is 0.105. The number of carbonyl (C=O) groups excluding carboxylic acids is 2. The minimum atomic E-state index is -3.76. The highest BCUT2D eigenvalue weighted by atomic mass is 35.5. The van der Waals surface area contributed by atoms with E-state index in [1.807, 2.05) is 32.9 Å². The second kappa shape index (κ2) is 11.5. The smallest absolute Gasteiger partial charge is 0.244 e. The van der Waals surface area contributed by atoms with E-state index in [2.05, 4.69) is 5.32 Å². The number of anilines is 1. The topological polar surface area (TPSA) is 86.8 Å². The molecular weight excluding hydrogens is 462 g/mol. The molecule has 0 heterocycles. The number of rotatable bonds is 10. The zero-order valence-electron chi connectivity index (χ0n) is 19.7. The van der Waals surface area contributed by atoms with E-state index >= 15 is 0 Å². The molecule has 2 amide bonds. The van der Waals surface area contributed by atoms with E-state index in [1.165, 1.54) is 4.90 Å². The predicted octanol–water partition coefficient (Wildman–Crippen LogP) is 3.61. The van der Waals surface area contributed by atoms with Gasteiger partial charge in [-0.05, 0) is 56.5 Å². The summed E-state index contributed by atoms with van der Waals surface area (Å²) < 4.78 is 26.4. The molecule has 0 aromatic heterocycles. The molecule has 2 aromatic carbocycles. The molecule has 0 aliphatic rings. The van der Waals surface area contributed by atoms with Gasteiger partial charge < -0.3 is 10.2 Å². The lowest BCUT2D eigenvalue weighted by Gasteiger charge is -2.32. The van der Waals surface area contributed by atoms with Gasteiger partial charge >= 0.3 is 0 Å². The summed E-state index contributed by atoms with van der Waals surface area (Å²) in [4.78, 5) is 27.6. The summed E-state index contributed by atoms with van der Waals surface area (Å²) in [6.45, 7) is 6.91. The first-order valence-electron chi connectivity index (χ1n) is 10.8. The van der Waals surface area contributed by atoms with Gasteiger partial charge in [0.15, 0.2) is 0 Å². The van der Waals surface area contributed by atoms with Crippen molar-refractivity contribution in [2.45, 2.75) is 52.7 Å². The Bertz CT molecular complexity index is 1090. The van der Waals surface area contributed by atoms with Gasteiger partial charge in [0.25, 0.3) is 0 Å². The highest BCUT2D eigenvalue weighted by Gasteiger charge is 2.30. The fourth-order valence-corrected chi connectivity index (χ4v) is 4.56. The number of amides is 2. The average molecular weight is 494 g/mol. The second-order valence-electron chi connectivity index (χ2n) is 8.24. The summed E-state index contributed by atoms with van der Waals surface area (Å²) in [7, 11) is -3.76. The van der Waals surface area contributed by atoms with E-state index in [9.17, 15) is 18.0 Å². The Kier molecular flexibility index (Phi) is 9.31. The van der Waals surface area contributed by atoms with Crippen molar-refractivity contribution < 1.29 is 18.0 Å². The van der Waals surface area contributed by atoms with Crippen LogP contribution in [0.3, 0.4) is 0 Å². The minimum Gasteiger partial charge on any atom is -0.352 e. The number of hydrogen-bond acceptors (Lipinski definition) is 4. The van der Waals surface area contributed by atoms with Crippen molar-refractivity contribution >= 4 is 39.1 Å². The van der Waals surface area contributed by atoms with Crippen LogP contribution >= 0.6 is 11.6 Å². The summed E-state index contributed by atoms with van der Waals surface area (Å²) in [5, 5.41) is 3.33. The van der Waals surface area contributed by atoms with E-state index in [4.69, 9.17) is 11.6 Å². The molecule has 1 N–H and O–H groups in total. The molecule has 0 fully saturated rings. The van der Waals surface area contributed by atoms with E-state index in [0.717, 1.165) is 21.7 Å². The van der Waals surface area contributed by atoms with Crippen LogP contribution in [0.1, 0.15) is 38.8 Å². The van der Waals surface area contributed by atoms with Gasteiger partial charge in [0.2, 0.25) is 21.8 Å². The normalized spacial score (nSPS) is 12.3. The zero-order valence-corrected chi connectivity index (χ0v) is 21.3. The lowest BCUT2D eigenvalue weighted by molar-refractivity contribution is -0.139. The number of hydrogen-bond donors (Lipinski definition) is 1. The Hall–Kier alpha value is -2.58. The van der Waals surface area contributed by atoms with E-state index in [0.29, 0.717) is 17.1 Å². The summed E-state index contributed by atoms with van der Waals surface area (Å²) in [5.74, 6) is -0.807. The van der Waals surface area contributed by atoms with Gasteiger partial charge in [0.1, 0.15) is 12.6 Å². The highest BCUT2D eigenvalue weighted by Crippen LogP contribution is 2.24. The van der Waals surface area contributed by atoms with Crippen molar-refractivity contribution in [1.29, 1.82) is 0 Å². The molecule has 9 heteroatoms. The molecule has 33 heavy (non-hydrogen) atoms. The fraction of sp³-hybridized carbons (Fsp3) is 0.417. The standard InChI is InChI=1S/C24H32ClN3O4S/c1-6-20-11-7-8-13-22(20)28(33(5,31)32)16-23(29)27(18(4)24(30)26-17(2)3)15-19-10-9-12-21(25)14-19/h7-14,17-18H,6,15-16H2,1-5H3,(H,26,30). The highest BCUT2D eigenvalue weighted by molar-refractivity contribution is 7.92. The van der Waals surface area contributed by atoms with Gasteiger partial charge in [-0.2, -0.15) is 0 Å². The molecule has 7 nitrogen and oxygen atoms in total. The van der Waals surface area contributed by atoms with Crippen molar-refractivity contribution in [3.63, 3.8) is 0 Å². The Morgan fingerprint density at radius 2 is 1.73 bits per heavy atom. The van der Waals surface area contributed by atoms with Gasteiger partial charge in [0, 0.05) is 17.6 Å². The first kappa shape index (κ1) is 26.7. The third-order valence-corrected chi connectivity index (χ3v) is 6.52. The molecule has 2 rings (SSSR count). The van der Waals surface area contributed by atoms with Crippen LogP contribution in [0.25, 0.3) is 0 Å². The van der Waals surface area contributed by atoms with Crippen LogP contribution in [0, 0.1) is 0 Å². The van der Waals surface area contributed by atoms with E-state index in [1.54, 1.807) is 43.3 Å². The van der Waals surface area contributed by atoms with Crippen LogP contribution in [0.5, 0.6) is 0 Å². The van der Waals surface area contributed by atoms with Gasteiger partial charge in [-0.25, -0.2) is 8.42 Å². The molecule has 0 saturated carbocycles. The van der Waals surface area contributed by atoms with Crippen LogP contribution in [0.2, 0.25) is 5.02 Å². The van der Waals surface area contributed by atoms with Crippen LogP contribution in [-0.2, 0) is 32.6 Å². The molecule has 1 unspecified atom stereocenters.